The minimum absolute atomic E-state index is 0.0172. The molecule has 0 aliphatic carbocycles. The van der Waals surface area contributed by atoms with Gasteiger partial charge in [-0.15, -0.1) is 0 Å². The van der Waals surface area contributed by atoms with Crippen LogP contribution in [-0.4, -0.2) is 36.8 Å². The van der Waals surface area contributed by atoms with Crippen LogP contribution in [0.15, 0.2) is 57.7 Å². The SMILES string of the molecule is Cc1ccc([C@H]2c3c(oc4ccccc4c3=O)C(=O)N2[C@H]2CCS(=O)(=O)C2)cc1. The Morgan fingerprint density at radius 2 is 1.76 bits per heavy atom. The predicted octanol–water partition coefficient (Wildman–Crippen LogP) is 2.83. The molecule has 3 aromatic rings. The summed E-state index contributed by atoms with van der Waals surface area (Å²) in [4.78, 5) is 28.2. The van der Waals surface area contributed by atoms with E-state index in [1.54, 1.807) is 29.2 Å². The molecule has 148 valence electrons. The van der Waals surface area contributed by atoms with Gasteiger partial charge in [-0.25, -0.2) is 8.42 Å². The lowest BCUT2D eigenvalue weighted by atomic mass is 9.97. The number of aryl methyl sites for hydroxylation is 1. The Morgan fingerprint density at radius 3 is 2.45 bits per heavy atom. The molecule has 1 aromatic heterocycles. The van der Waals surface area contributed by atoms with Crippen LogP contribution < -0.4 is 5.43 Å². The van der Waals surface area contributed by atoms with Crippen molar-refractivity contribution in [2.45, 2.75) is 25.4 Å². The van der Waals surface area contributed by atoms with Gasteiger partial charge in [0.05, 0.1) is 28.5 Å². The zero-order chi connectivity index (χ0) is 20.3. The number of carbonyl (C=O) groups is 1. The van der Waals surface area contributed by atoms with Crippen LogP contribution in [0.4, 0.5) is 0 Å². The third-order valence-corrected chi connectivity index (χ3v) is 7.56. The highest BCUT2D eigenvalue weighted by Crippen LogP contribution is 2.41. The molecule has 6 nitrogen and oxygen atoms in total. The van der Waals surface area contributed by atoms with E-state index in [-0.39, 0.29) is 22.7 Å². The number of hydrogen-bond donors (Lipinski definition) is 0. The average molecular weight is 409 g/mol. The Morgan fingerprint density at radius 1 is 1.03 bits per heavy atom. The zero-order valence-electron chi connectivity index (χ0n) is 15.8. The van der Waals surface area contributed by atoms with Crippen molar-refractivity contribution in [2.24, 2.45) is 0 Å². The van der Waals surface area contributed by atoms with Crippen molar-refractivity contribution in [3.63, 3.8) is 0 Å². The molecule has 2 atom stereocenters. The molecule has 2 aliphatic heterocycles. The normalized spacial score (nSPS) is 22.9. The molecule has 0 radical (unpaired) electrons. The van der Waals surface area contributed by atoms with Gasteiger partial charge in [0, 0.05) is 6.04 Å². The van der Waals surface area contributed by atoms with Crippen LogP contribution >= 0.6 is 0 Å². The summed E-state index contributed by atoms with van der Waals surface area (Å²) >= 11 is 0. The fraction of sp³-hybridized carbons (Fsp3) is 0.273. The second kappa shape index (κ2) is 6.29. The number of para-hydroxylation sites is 1. The summed E-state index contributed by atoms with van der Waals surface area (Å²) in [6.07, 6.45) is 0.359. The fourth-order valence-corrected chi connectivity index (χ4v) is 6.10. The number of rotatable bonds is 2. The van der Waals surface area contributed by atoms with E-state index in [4.69, 9.17) is 4.42 Å². The van der Waals surface area contributed by atoms with E-state index in [2.05, 4.69) is 0 Å². The lowest BCUT2D eigenvalue weighted by Gasteiger charge is -2.30. The molecule has 0 bridgehead atoms. The molecule has 0 spiro atoms. The van der Waals surface area contributed by atoms with Crippen molar-refractivity contribution in [1.29, 1.82) is 0 Å². The van der Waals surface area contributed by atoms with Gasteiger partial charge in [0.25, 0.3) is 5.91 Å². The highest BCUT2D eigenvalue weighted by atomic mass is 32.2. The number of amides is 1. The lowest BCUT2D eigenvalue weighted by Crippen LogP contribution is -2.40. The van der Waals surface area contributed by atoms with E-state index >= 15 is 0 Å². The first-order valence-corrected chi connectivity index (χ1v) is 11.3. The van der Waals surface area contributed by atoms with E-state index < -0.39 is 27.8 Å². The number of benzene rings is 2. The molecule has 0 N–H and O–H groups in total. The standard InChI is InChI=1S/C22H19NO5S/c1-13-6-8-14(9-7-13)19-18-20(24)16-4-2-3-5-17(16)28-21(18)22(25)23(19)15-10-11-29(26,27)12-15/h2-9,15,19H,10-12H2,1H3/t15-,19-/m0/s1. The van der Waals surface area contributed by atoms with Crippen molar-refractivity contribution in [1.82, 2.24) is 4.90 Å². The Balaban J connectivity index is 1.76. The predicted molar refractivity (Wildman–Crippen MR) is 109 cm³/mol. The molecule has 7 heteroatoms. The molecule has 2 aromatic carbocycles. The summed E-state index contributed by atoms with van der Waals surface area (Å²) in [6.45, 7) is 1.96. The molecular weight excluding hydrogens is 390 g/mol. The van der Waals surface area contributed by atoms with Gasteiger partial charge >= 0.3 is 0 Å². The molecule has 5 rings (SSSR count). The smallest absolute Gasteiger partial charge is 0.291 e. The lowest BCUT2D eigenvalue weighted by molar-refractivity contribution is 0.0662. The third kappa shape index (κ3) is 2.80. The second-order valence-electron chi connectivity index (χ2n) is 7.75. The van der Waals surface area contributed by atoms with Crippen LogP contribution in [0, 0.1) is 6.92 Å². The van der Waals surface area contributed by atoms with Crippen molar-refractivity contribution >= 4 is 26.7 Å². The maximum Gasteiger partial charge on any atom is 0.291 e. The first-order valence-electron chi connectivity index (χ1n) is 9.51. The molecule has 3 heterocycles. The third-order valence-electron chi connectivity index (χ3n) is 5.81. The van der Waals surface area contributed by atoms with Crippen LogP contribution in [0.2, 0.25) is 0 Å². The molecule has 1 saturated heterocycles. The van der Waals surface area contributed by atoms with Gasteiger partial charge in [0.1, 0.15) is 5.58 Å². The minimum Gasteiger partial charge on any atom is -0.450 e. The summed E-state index contributed by atoms with van der Waals surface area (Å²) in [7, 11) is -3.21. The van der Waals surface area contributed by atoms with E-state index in [1.165, 1.54) is 0 Å². The second-order valence-corrected chi connectivity index (χ2v) is 9.98. The molecule has 0 saturated carbocycles. The topological polar surface area (TPSA) is 84.7 Å². The maximum absolute atomic E-state index is 13.3. The summed E-state index contributed by atoms with van der Waals surface area (Å²) in [6, 6.07) is 13.3. The molecule has 2 aliphatic rings. The zero-order valence-corrected chi connectivity index (χ0v) is 16.6. The first kappa shape index (κ1) is 18.1. The molecule has 1 fully saturated rings. The summed E-state index contributed by atoms with van der Waals surface area (Å²) < 4.78 is 30.1. The Bertz CT molecular complexity index is 1310. The highest BCUT2D eigenvalue weighted by molar-refractivity contribution is 7.91. The number of nitrogens with zero attached hydrogens (tertiary/aromatic N) is 1. The van der Waals surface area contributed by atoms with Crippen molar-refractivity contribution in [3.05, 3.63) is 81.2 Å². The molecular formula is C22H19NO5S. The van der Waals surface area contributed by atoms with Crippen molar-refractivity contribution < 1.29 is 17.6 Å². The average Bonchev–Trinajstić information content (AvgIpc) is 3.20. The molecule has 0 unspecified atom stereocenters. The van der Waals surface area contributed by atoms with Crippen LogP contribution in [0.5, 0.6) is 0 Å². The largest absolute Gasteiger partial charge is 0.450 e. The first-order chi connectivity index (χ1) is 13.9. The van der Waals surface area contributed by atoms with Gasteiger partial charge in [-0.05, 0) is 31.0 Å². The Kier molecular flexibility index (Phi) is 3.93. The van der Waals surface area contributed by atoms with Gasteiger partial charge in [-0.2, -0.15) is 0 Å². The van der Waals surface area contributed by atoms with Crippen LogP contribution in [0.1, 0.15) is 39.7 Å². The number of sulfone groups is 1. The number of carbonyl (C=O) groups excluding carboxylic acids is 1. The van der Waals surface area contributed by atoms with Gasteiger partial charge < -0.3 is 9.32 Å². The van der Waals surface area contributed by atoms with Crippen LogP contribution in [-0.2, 0) is 9.84 Å². The maximum atomic E-state index is 13.3. The van der Waals surface area contributed by atoms with Crippen molar-refractivity contribution in [3.8, 4) is 0 Å². The van der Waals surface area contributed by atoms with Gasteiger partial charge in [-0.1, -0.05) is 42.0 Å². The van der Waals surface area contributed by atoms with Gasteiger partial charge in [0.15, 0.2) is 15.3 Å². The van der Waals surface area contributed by atoms with Gasteiger partial charge in [0.2, 0.25) is 5.76 Å². The highest BCUT2D eigenvalue weighted by Gasteiger charge is 2.48. The monoisotopic (exact) mass is 409 g/mol. The van der Waals surface area contributed by atoms with Crippen LogP contribution in [0.25, 0.3) is 11.0 Å². The van der Waals surface area contributed by atoms with Crippen molar-refractivity contribution in [2.75, 3.05) is 11.5 Å². The van der Waals surface area contributed by atoms with Gasteiger partial charge in [-0.3, -0.25) is 9.59 Å². The Hall–Kier alpha value is -2.93. The fourth-order valence-electron chi connectivity index (χ4n) is 4.38. The van der Waals surface area contributed by atoms with E-state index in [9.17, 15) is 18.0 Å². The molecule has 1 amide bonds. The van der Waals surface area contributed by atoms with E-state index in [0.717, 1.165) is 11.1 Å². The number of fused-ring (bicyclic) bond motifs is 2. The van der Waals surface area contributed by atoms with E-state index in [1.807, 2.05) is 31.2 Å². The molecule has 29 heavy (non-hydrogen) atoms. The van der Waals surface area contributed by atoms with E-state index in [0.29, 0.717) is 23.0 Å². The quantitative estimate of drug-likeness (QED) is 0.650. The van der Waals surface area contributed by atoms with Crippen LogP contribution in [0.3, 0.4) is 0 Å². The summed E-state index contributed by atoms with van der Waals surface area (Å²) in [5.74, 6) is -0.455. The number of hydrogen-bond acceptors (Lipinski definition) is 5. The Labute approximate surface area is 167 Å². The summed E-state index contributed by atoms with van der Waals surface area (Å²) in [5, 5.41) is 0.414. The summed E-state index contributed by atoms with van der Waals surface area (Å²) in [5.41, 5.74) is 2.23. The minimum atomic E-state index is -3.21.